The highest BCUT2D eigenvalue weighted by Gasteiger charge is 2.10. The van der Waals surface area contributed by atoms with Crippen molar-refractivity contribution in [1.29, 1.82) is 0 Å². The van der Waals surface area contributed by atoms with Crippen molar-refractivity contribution in [1.82, 2.24) is 0 Å². The summed E-state index contributed by atoms with van der Waals surface area (Å²) in [6.07, 6.45) is 0. The number of halogens is 2. The summed E-state index contributed by atoms with van der Waals surface area (Å²) in [4.78, 5) is 12.1. The largest absolute Gasteiger partial charge is 0.506 e. The van der Waals surface area contributed by atoms with Crippen LogP contribution in [0.4, 0.5) is 5.69 Å². The van der Waals surface area contributed by atoms with E-state index >= 15 is 0 Å². The Morgan fingerprint density at radius 3 is 2.68 bits per heavy atom. The number of hydrogen-bond acceptors (Lipinski definition) is 2. The second-order valence-electron chi connectivity index (χ2n) is 4.10. The summed E-state index contributed by atoms with van der Waals surface area (Å²) in [5.74, 6) is -0.238. The van der Waals surface area contributed by atoms with E-state index in [2.05, 4.69) is 27.9 Å². The number of aryl methyl sites for hydroxylation is 1. The summed E-state index contributed by atoms with van der Waals surface area (Å²) in [5.41, 5.74) is 1.85. The molecule has 0 aliphatic heterocycles. The van der Waals surface area contributed by atoms with Crippen LogP contribution in [-0.4, -0.2) is 11.0 Å². The summed E-state index contributed by atoms with van der Waals surface area (Å²) >= 11 is 7.98. The lowest BCUT2D eigenvalue weighted by Gasteiger charge is -2.08. The number of carbonyl (C=O) groups is 1. The van der Waals surface area contributed by atoms with Gasteiger partial charge in [0.15, 0.2) is 0 Å². The molecule has 0 aliphatic carbocycles. The molecule has 5 heteroatoms. The van der Waals surface area contributed by atoms with Crippen molar-refractivity contribution in [3.05, 3.63) is 56.1 Å². The third-order valence-electron chi connectivity index (χ3n) is 2.58. The number of rotatable bonds is 2. The van der Waals surface area contributed by atoms with Gasteiger partial charge in [-0.1, -0.05) is 17.7 Å². The maximum absolute atomic E-state index is 12.1. The minimum Gasteiger partial charge on any atom is -0.506 e. The molecule has 1 amide bonds. The van der Waals surface area contributed by atoms with Crippen LogP contribution in [0.5, 0.6) is 5.75 Å². The normalized spacial score (nSPS) is 10.3. The van der Waals surface area contributed by atoms with Crippen LogP contribution in [-0.2, 0) is 0 Å². The summed E-state index contributed by atoms with van der Waals surface area (Å²) in [6, 6.07) is 10.1. The van der Waals surface area contributed by atoms with E-state index in [4.69, 9.17) is 11.6 Å². The standard InChI is InChI=1S/C14H11ClINO2/c1-8-2-5-13(18)12(6-8)17-14(19)9-3-4-10(15)11(16)7-9/h2-7,18H,1H3,(H,17,19). The van der Waals surface area contributed by atoms with Gasteiger partial charge in [-0.15, -0.1) is 0 Å². The second-order valence-corrected chi connectivity index (χ2v) is 5.67. The number of hydrogen-bond donors (Lipinski definition) is 2. The Morgan fingerprint density at radius 2 is 2.00 bits per heavy atom. The van der Waals surface area contributed by atoms with E-state index in [0.717, 1.165) is 9.13 Å². The minimum absolute atomic E-state index is 0.0441. The molecular formula is C14H11ClINO2. The van der Waals surface area contributed by atoms with Crippen LogP contribution >= 0.6 is 34.2 Å². The Hall–Kier alpha value is -1.27. The highest BCUT2D eigenvalue weighted by Crippen LogP contribution is 2.25. The van der Waals surface area contributed by atoms with Crippen molar-refractivity contribution in [2.45, 2.75) is 6.92 Å². The lowest BCUT2D eigenvalue weighted by atomic mass is 10.2. The van der Waals surface area contributed by atoms with Crippen LogP contribution in [0, 0.1) is 10.5 Å². The quantitative estimate of drug-likeness (QED) is 0.599. The first-order valence-electron chi connectivity index (χ1n) is 5.53. The van der Waals surface area contributed by atoms with Crippen molar-refractivity contribution in [2.75, 3.05) is 5.32 Å². The predicted molar refractivity (Wildman–Crippen MR) is 85.0 cm³/mol. The van der Waals surface area contributed by atoms with Gasteiger partial charge in [0.25, 0.3) is 5.91 Å². The molecule has 0 aliphatic rings. The van der Waals surface area contributed by atoms with Crippen molar-refractivity contribution in [3.8, 4) is 5.75 Å². The van der Waals surface area contributed by atoms with Gasteiger partial charge < -0.3 is 10.4 Å². The van der Waals surface area contributed by atoms with Gasteiger partial charge in [-0.05, 0) is 65.4 Å². The molecule has 0 fully saturated rings. The Bertz CT molecular complexity index is 643. The van der Waals surface area contributed by atoms with Gasteiger partial charge in [0.05, 0.1) is 10.7 Å². The first-order chi connectivity index (χ1) is 8.97. The van der Waals surface area contributed by atoms with E-state index in [0.29, 0.717) is 16.3 Å². The van der Waals surface area contributed by atoms with E-state index in [1.54, 1.807) is 36.4 Å². The Labute approximate surface area is 129 Å². The molecule has 0 atom stereocenters. The number of nitrogens with one attached hydrogen (secondary N) is 1. The van der Waals surface area contributed by atoms with E-state index in [1.807, 2.05) is 6.92 Å². The van der Waals surface area contributed by atoms with Crippen molar-refractivity contribution >= 4 is 45.8 Å². The lowest BCUT2D eigenvalue weighted by molar-refractivity contribution is 0.102. The van der Waals surface area contributed by atoms with Crippen LogP contribution in [0.15, 0.2) is 36.4 Å². The van der Waals surface area contributed by atoms with Crippen LogP contribution in [0.3, 0.4) is 0 Å². The summed E-state index contributed by atoms with van der Waals surface area (Å²) < 4.78 is 0.806. The van der Waals surface area contributed by atoms with E-state index in [1.165, 1.54) is 0 Å². The molecule has 0 aromatic heterocycles. The Morgan fingerprint density at radius 1 is 1.26 bits per heavy atom. The fourth-order valence-electron chi connectivity index (χ4n) is 1.58. The molecule has 2 aromatic carbocycles. The molecular weight excluding hydrogens is 377 g/mol. The van der Waals surface area contributed by atoms with Crippen molar-refractivity contribution in [2.24, 2.45) is 0 Å². The van der Waals surface area contributed by atoms with Gasteiger partial charge in [0, 0.05) is 9.13 Å². The highest BCUT2D eigenvalue weighted by atomic mass is 127. The van der Waals surface area contributed by atoms with E-state index in [-0.39, 0.29) is 11.7 Å². The fourth-order valence-corrected chi connectivity index (χ4v) is 2.21. The fraction of sp³-hybridized carbons (Fsp3) is 0.0714. The molecule has 0 spiro atoms. The zero-order valence-electron chi connectivity index (χ0n) is 10.1. The highest BCUT2D eigenvalue weighted by molar-refractivity contribution is 14.1. The van der Waals surface area contributed by atoms with Crippen LogP contribution in [0.2, 0.25) is 5.02 Å². The zero-order chi connectivity index (χ0) is 14.0. The number of benzene rings is 2. The summed E-state index contributed by atoms with van der Waals surface area (Å²) in [6.45, 7) is 1.89. The first-order valence-corrected chi connectivity index (χ1v) is 6.99. The van der Waals surface area contributed by atoms with E-state index in [9.17, 15) is 9.90 Å². The Balaban J connectivity index is 2.25. The molecule has 19 heavy (non-hydrogen) atoms. The van der Waals surface area contributed by atoms with Crippen molar-refractivity contribution in [3.63, 3.8) is 0 Å². The minimum atomic E-state index is -0.282. The maximum atomic E-state index is 12.1. The van der Waals surface area contributed by atoms with Crippen LogP contribution < -0.4 is 5.32 Å². The third kappa shape index (κ3) is 3.39. The van der Waals surface area contributed by atoms with Gasteiger partial charge in [-0.3, -0.25) is 4.79 Å². The first kappa shape index (κ1) is 14.1. The van der Waals surface area contributed by atoms with Crippen LogP contribution in [0.25, 0.3) is 0 Å². The number of carbonyl (C=O) groups excluding carboxylic acids is 1. The van der Waals surface area contributed by atoms with Gasteiger partial charge in [0.2, 0.25) is 0 Å². The van der Waals surface area contributed by atoms with E-state index < -0.39 is 0 Å². The van der Waals surface area contributed by atoms with Gasteiger partial charge in [0.1, 0.15) is 5.75 Å². The summed E-state index contributed by atoms with van der Waals surface area (Å²) in [5, 5.41) is 13.0. The predicted octanol–water partition coefficient (Wildman–Crippen LogP) is 4.21. The molecule has 2 aromatic rings. The molecule has 0 radical (unpaired) electrons. The maximum Gasteiger partial charge on any atom is 0.255 e. The molecule has 98 valence electrons. The zero-order valence-corrected chi connectivity index (χ0v) is 13.0. The molecule has 2 N–H and O–H groups in total. The number of phenols is 1. The number of aromatic hydroxyl groups is 1. The molecule has 0 saturated heterocycles. The Kier molecular flexibility index (Phi) is 4.31. The molecule has 3 nitrogen and oxygen atoms in total. The topological polar surface area (TPSA) is 49.3 Å². The number of anilines is 1. The second kappa shape index (κ2) is 5.79. The number of phenolic OH excluding ortho intramolecular Hbond substituents is 1. The molecule has 0 saturated carbocycles. The average Bonchev–Trinajstić information content (AvgIpc) is 2.37. The van der Waals surface area contributed by atoms with Gasteiger partial charge in [-0.2, -0.15) is 0 Å². The van der Waals surface area contributed by atoms with Gasteiger partial charge in [-0.25, -0.2) is 0 Å². The monoisotopic (exact) mass is 387 g/mol. The van der Waals surface area contributed by atoms with Gasteiger partial charge >= 0.3 is 0 Å². The summed E-state index contributed by atoms with van der Waals surface area (Å²) in [7, 11) is 0. The average molecular weight is 388 g/mol. The lowest BCUT2D eigenvalue weighted by Crippen LogP contribution is -2.12. The number of amides is 1. The third-order valence-corrected chi connectivity index (χ3v) is 4.12. The molecule has 0 unspecified atom stereocenters. The SMILES string of the molecule is Cc1ccc(O)c(NC(=O)c2ccc(Cl)c(I)c2)c1. The molecule has 2 rings (SSSR count). The van der Waals surface area contributed by atoms with Crippen LogP contribution in [0.1, 0.15) is 15.9 Å². The molecule has 0 heterocycles. The molecule has 0 bridgehead atoms. The van der Waals surface area contributed by atoms with Crippen molar-refractivity contribution < 1.29 is 9.90 Å². The smallest absolute Gasteiger partial charge is 0.255 e.